The second-order valence-corrected chi connectivity index (χ2v) is 8.31. The molecule has 172 valence electrons. The van der Waals surface area contributed by atoms with E-state index in [1.165, 1.54) is 6.07 Å². The molecule has 0 bridgehead atoms. The number of imidazole rings is 1. The molecule has 3 N–H and O–H groups in total. The highest BCUT2D eigenvalue weighted by molar-refractivity contribution is 5.95. The number of aromatic amines is 1. The summed E-state index contributed by atoms with van der Waals surface area (Å²) in [5.74, 6) is 0.662. The zero-order chi connectivity index (χ0) is 23.5. The lowest BCUT2D eigenvalue weighted by Gasteiger charge is -2.09. The first-order valence-electron chi connectivity index (χ1n) is 11.1. The average molecular weight is 458 g/mol. The van der Waals surface area contributed by atoms with Crippen LogP contribution in [-0.4, -0.2) is 28.4 Å². The minimum atomic E-state index is -0.321. The number of nitrogens with one attached hydrogen (secondary N) is 3. The maximum atomic E-state index is 13.9. The predicted octanol–water partition coefficient (Wildman–Crippen LogP) is 4.66. The van der Waals surface area contributed by atoms with Crippen molar-refractivity contribution in [1.82, 2.24) is 9.97 Å². The van der Waals surface area contributed by atoms with Gasteiger partial charge in [0.25, 0.3) is 5.91 Å². The molecule has 3 aromatic carbocycles. The number of hydrogen-bond donors (Lipinski definition) is 3. The van der Waals surface area contributed by atoms with Gasteiger partial charge in [0.2, 0.25) is 5.91 Å². The van der Waals surface area contributed by atoms with E-state index in [1.54, 1.807) is 60.7 Å². The molecule has 1 fully saturated rings. The van der Waals surface area contributed by atoms with Gasteiger partial charge in [-0.15, -0.1) is 0 Å². The Balaban J connectivity index is 1.18. The zero-order valence-corrected chi connectivity index (χ0v) is 18.3. The molecule has 1 aliphatic rings. The van der Waals surface area contributed by atoms with E-state index < -0.39 is 0 Å². The van der Waals surface area contributed by atoms with Crippen LogP contribution in [-0.2, 0) is 16.0 Å². The summed E-state index contributed by atoms with van der Waals surface area (Å²) in [5, 5.41) is 5.66. The van der Waals surface area contributed by atoms with Gasteiger partial charge in [0.15, 0.2) is 6.61 Å². The number of anilines is 2. The van der Waals surface area contributed by atoms with E-state index in [2.05, 4.69) is 20.6 Å². The molecule has 0 atom stereocenters. The Morgan fingerprint density at radius 1 is 1.00 bits per heavy atom. The number of nitrogens with zero attached hydrogens (tertiary/aromatic N) is 1. The SMILES string of the molecule is O=C(COc1cccc(NC(=O)C2CC2)c1)Nc1ccc2nc(Cc3ccccc3F)[nH]c2c1. The normalized spacial score (nSPS) is 13.0. The van der Waals surface area contributed by atoms with E-state index in [1.807, 2.05) is 0 Å². The van der Waals surface area contributed by atoms with Crippen molar-refractivity contribution < 1.29 is 18.7 Å². The summed E-state index contributed by atoms with van der Waals surface area (Å²) in [6.07, 6.45) is 2.20. The number of benzene rings is 3. The Kier molecular flexibility index (Phi) is 5.95. The van der Waals surface area contributed by atoms with E-state index in [4.69, 9.17) is 4.74 Å². The molecule has 2 amide bonds. The van der Waals surface area contributed by atoms with Crippen LogP contribution in [0.1, 0.15) is 24.2 Å². The van der Waals surface area contributed by atoms with E-state index in [0.717, 1.165) is 23.9 Å². The number of hydrogen-bond acceptors (Lipinski definition) is 4. The zero-order valence-electron chi connectivity index (χ0n) is 18.3. The molecule has 0 spiro atoms. The number of H-pyrrole nitrogens is 1. The maximum absolute atomic E-state index is 13.9. The summed E-state index contributed by atoms with van der Waals surface area (Å²) in [5.41, 5.74) is 3.26. The highest BCUT2D eigenvalue weighted by atomic mass is 19.1. The highest BCUT2D eigenvalue weighted by Gasteiger charge is 2.29. The van der Waals surface area contributed by atoms with Gasteiger partial charge in [-0.2, -0.15) is 0 Å². The van der Waals surface area contributed by atoms with Crippen LogP contribution in [0.5, 0.6) is 5.75 Å². The molecule has 0 unspecified atom stereocenters. The van der Waals surface area contributed by atoms with Gasteiger partial charge in [0.05, 0.1) is 11.0 Å². The molecule has 5 rings (SSSR count). The topological polar surface area (TPSA) is 96.1 Å². The maximum Gasteiger partial charge on any atom is 0.262 e. The third-order valence-electron chi connectivity index (χ3n) is 5.55. The second-order valence-electron chi connectivity index (χ2n) is 8.31. The third-order valence-corrected chi connectivity index (χ3v) is 5.55. The van der Waals surface area contributed by atoms with Crippen molar-refractivity contribution in [2.24, 2.45) is 5.92 Å². The number of aromatic nitrogens is 2. The molecule has 0 aliphatic heterocycles. The summed E-state index contributed by atoms with van der Waals surface area (Å²) >= 11 is 0. The molecule has 1 aromatic heterocycles. The minimum absolute atomic E-state index is 0.0150. The first-order valence-corrected chi connectivity index (χ1v) is 11.1. The van der Waals surface area contributed by atoms with Gasteiger partial charge in [-0.05, 0) is 54.8 Å². The van der Waals surface area contributed by atoms with Crippen LogP contribution in [0.25, 0.3) is 11.0 Å². The summed E-state index contributed by atoms with van der Waals surface area (Å²) < 4.78 is 19.5. The number of ether oxygens (including phenoxy) is 1. The van der Waals surface area contributed by atoms with Gasteiger partial charge in [-0.3, -0.25) is 9.59 Å². The van der Waals surface area contributed by atoms with Gasteiger partial charge < -0.3 is 20.4 Å². The third kappa shape index (κ3) is 5.23. The minimum Gasteiger partial charge on any atom is -0.484 e. The average Bonchev–Trinajstić information content (AvgIpc) is 3.60. The standard InChI is InChI=1S/C26H23FN4O3/c27-21-7-2-1-4-17(21)12-24-30-22-11-10-19(14-23(22)31-24)28-25(32)15-34-20-6-3-5-18(13-20)29-26(33)16-8-9-16/h1-7,10-11,13-14,16H,8-9,12,15H2,(H,28,32)(H,29,33)(H,30,31). The Bertz CT molecular complexity index is 1360. The van der Waals surface area contributed by atoms with Crippen LogP contribution in [0.3, 0.4) is 0 Å². The molecular formula is C26H23FN4O3. The molecule has 7 nitrogen and oxygen atoms in total. The molecule has 34 heavy (non-hydrogen) atoms. The van der Waals surface area contributed by atoms with Crippen LogP contribution < -0.4 is 15.4 Å². The summed E-state index contributed by atoms with van der Waals surface area (Å²) in [4.78, 5) is 32.0. The second kappa shape index (κ2) is 9.35. The van der Waals surface area contributed by atoms with Crippen molar-refractivity contribution in [2.45, 2.75) is 19.3 Å². The fourth-order valence-electron chi connectivity index (χ4n) is 3.65. The van der Waals surface area contributed by atoms with Gasteiger partial charge in [-0.25, -0.2) is 9.37 Å². The van der Waals surface area contributed by atoms with Crippen molar-refractivity contribution >= 4 is 34.2 Å². The van der Waals surface area contributed by atoms with Gasteiger partial charge in [-0.1, -0.05) is 24.3 Å². The van der Waals surface area contributed by atoms with Crippen LogP contribution in [0, 0.1) is 11.7 Å². The van der Waals surface area contributed by atoms with Crippen LogP contribution in [0.4, 0.5) is 15.8 Å². The molecule has 8 heteroatoms. The van der Waals surface area contributed by atoms with E-state index in [-0.39, 0.29) is 30.2 Å². The summed E-state index contributed by atoms with van der Waals surface area (Å²) in [6.45, 7) is -0.181. The van der Waals surface area contributed by atoms with Gasteiger partial charge >= 0.3 is 0 Å². The molecular weight excluding hydrogens is 435 g/mol. The number of halogens is 1. The Morgan fingerprint density at radius 3 is 2.65 bits per heavy atom. The number of carbonyl (C=O) groups is 2. The van der Waals surface area contributed by atoms with Crippen molar-refractivity contribution in [2.75, 3.05) is 17.2 Å². The van der Waals surface area contributed by atoms with E-state index in [9.17, 15) is 14.0 Å². The predicted molar refractivity (Wildman–Crippen MR) is 127 cm³/mol. The molecule has 0 radical (unpaired) electrons. The Labute approximate surface area is 195 Å². The first-order chi connectivity index (χ1) is 16.5. The highest BCUT2D eigenvalue weighted by Crippen LogP contribution is 2.30. The van der Waals surface area contributed by atoms with E-state index in [0.29, 0.717) is 34.9 Å². The fraction of sp³-hybridized carbons (Fsp3) is 0.192. The van der Waals surface area contributed by atoms with E-state index >= 15 is 0 Å². The van der Waals surface area contributed by atoms with Crippen molar-refractivity contribution in [3.05, 3.63) is 83.9 Å². The number of rotatable bonds is 8. The summed E-state index contributed by atoms with van der Waals surface area (Å²) in [6, 6.07) is 18.9. The Morgan fingerprint density at radius 2 is 1.82 bits per heavy atom. The monoisotopic (exact) mass is 458 g/mol. The molecule has 0 saturated heterocycles. The Hall–Kier alpha value is -4.20. The molecule has 1 heterocycles. The van der Waals surface area contributed by atoms with Crippen molar-refractivity contribution in [3.63, 3.8) is 0 Å². The quantitative estimate of drug-likeness (QED) is 0.358. The van der Waals surface area contributed by atoms with Crippen LogP contribution in [0.15, 0.2) is 66.7 Å². The number of amides is 2. The summed E-state index contributed by atoms with van der Waals surface area (Å²) in [7, 11) is 0. The molecule has 1 aliphatic carbocycles. The van der Waals surface area contributed by atoms with Gasteiger partial charge in [0, 0.05) is 29.8 Å². The fourth-order valence-corrected chi connectivity index (χ4v) is 3.65. The molecule has 1 saturated carbocycles. The smallest absolute Gasteiger partial charge is 0.262 e. The number of carbonyl (C=O) groups excluding carboxylic acids is 2. The number of fused-ring (bicyclic) bond motifs is 1. The van der Waals surface area contributed by atoms with Crippen LogP contribution in [0.2, 0.25) is 0 Å². The molecule has 4 aromatic rings. The lowest BCUT2D eigenvalue weighted by atomic mass is 10.1. The van der Waals surface area contributed by atoms with Crippen LogP contribution >= 0.6 is 0 Å². The van der Waals surface area contributed by atoms with Gasteiger partial charge in [0.1, 0.15) is 17.4 Å². The first kappa shape index (κ1) is 21.6. The lowest BCUT2D eigenvalue weighted by Crippen LogP contribution is -2.20. The van der Waals surface area contributed by atoms with Crippen molar-refractivity contribution in [3.8, 4) is 5.75 Å². The lowest BCUT2D eigenvalue weighted by molar-refractivity contribution is -0.118. The van der Waals surface area contributed by atoms with Crippen molar-refractivity contribution in [1.29, 1.82) is 0 Å². The largest absolute Gasteiger partial charge is 0.484 e.